The maximum Gasteiger partial charge on any atom is 0.0615 e. The summed E-state index contributed by atoms with van der Waals surface area (Å²) in [5.41, 5.74) is 0. The van der Waals surface area contributed by atoms with E-state index in [1.165, 1.54) is 19.4 Å². The lowest BCUT2D eigenvalue weighted by atomic mass is 10.1. The minimum absolute atomic E-state index is 0.557. The number of rotatable bonds is 5. The van der Waals surface area contributed by atoms with E-state index in [1.807, 2.05) is 0 Å². The van der Waals surface area contributed by atoms with Crippen LogP contribution in [0.2, 0.25) is 0 Å². The third kappa shape index (κ3) is 3.56. The van der Waals surface area contributed by atoms with Gasteiger partial charge in [-0.25, -0.2) is 0 Å². The van der Waals surface area contributed by atoms with Crippen molar-refractivity contribution in [3.8, 4) is 0 Å². The van der Waals surface area contributed by atoms with Crippen molar-refractivity contribution in [3.05, 3.63) is 0 Å². The van der Waals surface area contributed by atoms with Gasteiger partial charge < -0.3 is 10.1 Å². The van der Waals surface area contributed by atoms with E-state index in [4.69, 9.17) is 4.74 Å². The second-order valence-electron chi connectivity index (χ2n) is 4.24. The SMILES string of the molecule is CCCC1CN(C(C)COC)CCN1. The topological polar surface area (TPSA) is 24.5 Å². The molecular formula is C11H24N2O. The van der Waals surface area contributed by atoms with E-state index >= 15 is 0 Å². The highest BCUT2D eigenvalue weighted by molar-refractivity contribution is 4.81. The first-order chi connectivity index (χ1) is 6.77. The van der Waals surface area contributed by atoms with Crippen LogP contribution in [0.3, 0.4) is 0 Å². The molecule has 2 unspecified atom stereocenters. The first-order valence-electron chi connectivity index (χ1n) is 5.74. The molecule has 1 saturated heterocycles. The van der Waals surface area contributed by atoms with Crippen LogP contribution in [0.1, 0.15) is 26.7 Å². The van der Waals surface area contributed by atoms with Gasteiger partial charge in [0.05, 0.1) is 6.61 Å². The summed E-state index contributed by atoms with van der Waals surface area (Å²) in [6, 6.07) is 1.24. The molecule has 0 aromatic heterocycles. The van der Waals surface area contributed by atoms with Crippen LogP contribution in [0.25, 0.3) is 0 Å². The summed E-state index contributed by atoms with van der Waals surface area (Å²) in [6.45, 7) is 8.80. The summed E-state index contributed by atoms with van der Waals surface area (Å²) < 4.78 is 5.19. The molecule has 0 spiro atoms. The van der Waals surface area contributed by atoms with E-state index in [0.29, 0.717) is 12.1 Å². The summed E-state index contributed by atoms with van der Waals surface area (Å²) in [4.78, 5) is 2.53. The van der Waals surface area contributed by atoms with Gasteiger partial charge in [-0.1, -0.05) is 13.3 Å². The number of hydrogen-bond acceptors (Lipinski definition) is 3. The monoisotopic (exact) mass is 200 g/mol. The second kappa shape index (κ2) is 6.38. The third-order valence-electron chi connectivity index (χ3n) is 2.96. The molecule has 1 heterocycles. The Labute approximate surface area is 87.8 Å². The zero-order valence-electron chi connectivity index (χ0n) is 9.75. The summed E-state index contributed by atoms with van der Waals surface area (Å²) in [5.74, 6) is 0. The zero-order chi connectivity index (χ0) is 10.4. The highest BCUT2D eigenvalue weighted by Crippen LogP contribution is 2.08. The Bertz CT molecular complexity index is 146. The number of hydrogen-bond donors (Lipinski definition) is 1. The number of ether oxygens (including phenoxy) is 1. The molecule has 0 saturated carbocycles. The van der Waals surface area contributed by atoms with Crippen molar-refractivity contribution in [2.24, 2.45) is 0 Å². The van der Waals surface area contributed by atoms with Crippen LogP contribution in [0.5, 0.6) is 0 Å². The molecule has 2 atom stereocenters. The minimum atomic E-state index is 0.557. The summed E-state index contributed by atoms with van der Waals surface area (Å²) in [7, 11) is 1.78. The molecule has 1 fully saturated rings. The van der Waals surface area contributed by atoms with Crippen molar-refractivity contribution in [2.75, 3.05) is 33.4 Å². The van der Waals surface area contributed by atoms with Crippen molar-refractivity contribution in [1.29, 1.82) is 0 Å². The molecule has 14 heavy (non-hydrogen) atoms. The fourth-order valence-electron chi connectivity index (χ4n) is 2.14. The molecule has 0 radical (unpaired) electrons. The first kappa shape index (κ1) is 12.0. The number of nitrogens with one attached hydrogen (secondary N) is 1. The van der Waals surface area contributed by atoms with Gasteiger partial charge in [0, 0.05) is 38.8 Å². The maximum absolute atomic E-state index is 5.19. The summed E-state index contributed by atoms with van der Waals surface area (Å²) in [6.07, 6.45) is 2.56. The van der Waals surface area contributed by atoms with Gasteiger partial charge in [0.15, 0.2) is 0 Å². The van der Waals surface area contributed by atoms with Crippen LogP contribution >= 0.6 is 0 Å². The number of methoxy groups -OCH3 is 1. The smallest absolute Gasteiger partial charge is 0.0615 e. The van der Waals surface area contributed by atoms with Gasteiger partial charge >= 0.3 is 0 Å². The minimum Gasteiger partial charge on any atom is -0.383 e. The Hall–Kier alpha value is -0.120. The average Bonchev–Trinajstić information content (AvgIpc) is 2.19. The van der Waals surface area contributed by atoms with E-state index in [2.05, 4.69) is 24.1 Å². The van der Waals surface area contributed by atoms with Crippen molar-refractivity contribution < 1.29 is 4.74 Å². The standard InChI is InChI=1S/C11H24N2O/c1-4-5-11-8-13(7-6-12-11)10(2)9-14-3/h10-12H,4-9H2,1-3H3. The van der Waals surface area contributed by atoms with Crippen LogP contribution < -0.4 is 5.32 Å². The lowest BCUT2D eigenvalue weighted by molar-refractivity contribution is 0.0771. The Morgan fingerprint density at radius 3 is 3.00 bits per heavy atom. The summed E-state index contributed by atoms with van der Waals surface area (Å²) in [5, 5.41) is 3.56. The Morgan fingerprint density at radius 2 is 2.36 bits per heavy atom. The Morgan fingerprint density at radius 1 is 1.57 bits per heavy atom. The largest absolute Gasteiger partial charge is 0.383 e. The molecule has 3 heteroatoms. The molecule has 0 amide bonds. The van der Waals surface area contributed by atoms with Gasteiger partial charge in [-0.3, -0.25) is 4.90 Å². The average molecular weight is 200 g/mol. The molecule has 1 N–H and O–H groups in total. The molecule has 3 nitrogen and oxygen atoms in total. The van der Waals surface area contributed by atoms with Crippen molar-refractivity contribution >= 4 is 0 Å². The molecular weight excluding hydrogens is 176 g/mol. The highest BCUT2D eigenvalue weighted by atomic mass is 16.5. The van der Waals surface area contributed by atoms with Gasteiger partial charge in [0.2, 0.25) is 0 Å². The van der Waals surface area contributed by atoms with Gasteiger partial charge in [-0.05, 0) is 13.3 Å². The molecule has 1 aliphatic heterocycles. The normalized spacial score (nSPS) is 26.4. The van der Waals surface area contributed by atoms with Crippen LogP contribution in [0, 0.1) is 0 Å². The Balaban J connectivity index is 2.31. The van der Waals surface area contributed by atoms with Crippen molar-refractivity contribution in [1.82, 2.24) is 10.2 Å². The molecule has 0 aliphatic carbocycles. The predicted molar refractivity (Wildman–Crippen MR) is 59.6 cm³/mol. The van der Waals surface area contributed by atoms with E-state index < -0.39 is 0 Å². The van der Waals surface area contributed by atoms with E-state index in [1.54, 1.807) is 7.11 Å². The van der Waals surface area contributed by atoms with Crippen molar-refractivity contribution in [2.45, 2.75) is 38.8 Å². The van der Waals surface area contributed by atoms with Gasteiger partial charge in [0.25, 0.3) is 0 Å². The fourth-order valence-corrected chi connectivity index (χ4v) is 2.14. The lowest BCUT2D eigenvalue weighted by Crippen LogP contribution is -2.54. The quantitative estimate of drug-likeness (QED) is 0.719. The van der Waals surface area contributed by atoms with E-state index in [0.717, 1.165) is 19.7 Å². The zero-order valence-corrected chi connectivity index (χ0v) is 9.75. The predicted octanol–water partition coefficient (Wildman–Crippen LogP) is 1.10. The van der Waals surface area contributed by atoms with Crippen LogP contribution in [-0.4, -0.2) is 50.3 Å². The maximum atomic E-state index is 5.19. The van der Waals surface area contributed by atoms with E-state index in [9.17, 15) is 0 Å². The second-order valence-corrected chi connectivity index (χ2v) is 4.24. The van der Waals surface area contributed by atoms with Gasteiger partial charge in [-0.2, -0.15) is 0 Å². The highest BCUT2D eigenvalue weighted by Gasteiger charge is 2.21. The Kier molecular flexibility index (Phi) is 5.45. The first-order valence-corrected chi connectivity index (χ1v) is 5.74. The van der Waals surface area contributed by atoms with Crippen LogP contribution in [-0.2, 0) is 4.74 Å². The van der Waals surface area contributed by atoms with Crippen molar-refractivity contribution in [3.63, 3.8) is 0 Å². The van der Waals surface area contributed by atoms with Crippen LogP contribution in [0.4, 0.5) is 0 Å². The van der Waals surface area contributed by atoms with Gasteiger partial charge in [-0.15, -0.1) is 0 Å². The number of nitrogens with zero attached hydrogens (tertiary/aromatic N) is 1. The third-order valence-corrected chi connectivity index (χ3v) is 2.96. The fraction of sp³-hybridized carbons (Fsp3) is 1.00. The summed E-state index contributed by atoms with van der Waals surface area (Å²) >= 11 is 0. The van der Waals surface area contributed by atoms with E-state index in [-0.39, 0.29) is 0 Å². The van der Waals surface area contributed by atoms with Gasteiger partial charge in [0.1, 0.15) is 0 Å². The molecule has 1 rings (SSSR count). The molecule has 0 aromatic carbocycles. The molecule has 84 valence electrons. The number of piperazine rings is 1. The van der Waals surface area contributed by atoms with Crippen LogP contribution in [0.15, 0.2) is 0 Å². The molecule has 0 aromatic rings. The molecule has 0 bridgehead atoms. The molecule has 1 aliphatic rings. The lowest BCUT2D eigenvalue weighted by Gasteiger charge is -2.37.